The molecule has 0 fully saturated rings. The van der Waals surface area contributed by atoms with Gasteiger partial charge in [0.2, 0.25) is 0 Å². The molecule has 0 aromatic heterocycles. The van der Waals surface area contributed by atoms with Crippen molar-refractivity contribution in [2.75, 3.05) is 10.6 Å². The number of halogens is 3. The SMILES string of the molecule is O=[N+]([O-])c1cc(NC(=S)Nc2ccc(C(F)(F)F)cc2)ccc1O. The number of nitro groups is 1. The fraction of sp³-hybridized carbons (Fsp3) is 0.0714. The second kappa shape index (κ2) is 6.71. The highest BCUT2D eigenvalue weighted by molar-refractivity contribution is 7.80. The van der Waals surface area contributed by atoms with E-state index in [4.69, 9.17) is 12.2 Å². The number of anilines is 2. The van der Waals surface area contributed by atoms with Crippen LogP contribution in [0.2, 0.25) is 0 Å². The summed E-state index contributed by atoms with van der Waals surface area (Å²) in [6.07, 6.45) is -4.43. The Balaban J connectivity index is 2.06. The quantitative estimate of drug-likeness (QED) is 0.331. The number of alkyl halides is 3. The molecule has 0 atom stereocenters. The Labute approximate surface area is 139 Å². The molecule has 126 valence electrons. The zero-order valence-electron chi connectivity index (χ0n) is 11.8. The van der Waals surface area contributed by atoms with E-state index in [1.54, 1.807) is 0 Å². The van der Waals surface area contributed by atoms with E-state index in [0.717, 1.165) is 24.3 Å². The lowest BCUT2D eigenvalue weighted by Crippen LogP contribution is -2.19. The van der Waals surface area contributed by atoms with Gasteiger partial charge in [-0.2, -0.15) is 13.2 Å². The number of benzene rings is 2. The van der Waals surface area contributed by atoms with Gasteiger partial charge in [-0.05, 0) is 48.6 Å². The van der Waals surface area contributed by atoms with Crippen LogP contribution in [0, 0.1) is 10.1 Å². The summed E-state index contributed by atoms with van der Waals surface area (Å²) in [4.78, 5) is 9.98. The van der Waals surface area contributed by atoms with E-state index in [9.17, 15) is 28.4 Å². The van der Waals surface area contributed by atoms with Crippen molar-refractivity contribution in [3.05, 3.63) is 58.1 Å². The van der Waals surface area contributed by atoms with Crippen LogP contribution in [-0.2, 0) is 6.18 Å². The van der Waals surface area contributed by atoms with Gasteiger partial charge in [-0.3, -0.25) is 10.1 Å². The van der Waals surface area contributed by atoms with Crippen LogP contribution in [0.15, 0.2) is 42.5 Å². The van der Waals surface area contributed by atoms with Crippen molar-refractivity contribution in [1.82, 2.24) is 0 Å². The molecule has 0 saturated heterocycles. The molecule has 2 aromatic rings. The fourth-order valence-electron chi connectivity index (χ4n) is 1.78. The number of phenolic OH excluding ortho intramolecular Hbond substituents is 1. The molecule has 0 saturated carbocycles. The van der Waals surface area contributed by atoms with Crippen LogP contribution in [0.1, 0.15) is 5.56 Å². The van der Waals surface area contributed by atoms with Gasteiger partial charge in [0.25, 0.3) is 0 Å². The molecule has 0 aliphatic heterocycles. The highest BCUT2D eigenvalue weighted by atomic mass is 32.1. The summed E-state index contributed by atoms with van der Waals surface area (Å²) < 4.78 is 37.4. The monoisotopic (exact) mass is 357 g/mol. The second-order valence-electron chi connectivity index (χ2n) is 4.61. The Hall–Kier alpha value is -2.88. The van der Waals surface area contributed by atoms with Gasteiger partial charge < -0.3 is 15.7 Å². The molecule has 6 nitrogen and oxygen atoms in total. The van der Waals surface area contributed by atoms with Gasteiger partial charge in [0.15, 0.2) is 10.9 Å². The van der Waals surface area contributed by atoms with Crippen molar-refractivity contribution in [1.29, 1.82) is 0 Å². The van der Waals surface area contributed by atoms with Gasteiger partial charge in [0.05, 0.1) is 10.5 Å². The highest BCUT2D eigenvalue weighted by Gasteiger charge is 2.29. The van der Waals surface area contributed by atoms with Crippen LogP contribution in [0.25, 0.3) is 0 Å². The first kappa shape index (κ1) is 17.5. The van der Waals surface area contributed by atoms with Crippen molar-refractivity contribution in [2.45, 2.75) is 6.18 Å². The van der Waals surface area contributed by atoms with Gasteiger partial charge in [-0.15, -0.1) is 0 Å². The van der Waals surface area contributed by atoms with E-state index in [1.165, 1.54) is 18.2 Å². The van der Waals surface area contributed by atoms with E-state index >= 15 is 0 Å². The predicted octanol–water partition coefficient (Wildman–Crippen LogP) is 4.13. The van der Waals surface area contributed by atoms with Gasteiger partial charge in [-0.1, -0.05) is 0 Å². The average molecular weight is 357 g/mol. The Morgan fingerprint density at radius 2 is 1.62 bits per heavy atom. The molecular formula is C14H10F3N3O3S. The number of nitrogens with one attached hydrogen (secondary N) is 2. The molecular weight excluding hydrogens is 347 g/mol. The van der Waals surface area contributed by atoms with Crippen LogP contribution in [0.5, 0.6) is 5.75 Å². The highest BCUT2D eigenvalue weighted by Crippen LogP contribution is 2.30. The first-order chi connectivity index (χ1) is 11.2. The molecule has 2 aromatic carbocycles. The smallest absolute Gasteiger partial charge is 0.416 e. The molecule has 0 unspecified atom stereocenters. The molecule has 24 heavy (non-hydrogen) atoms. The van der Waals surface area contributed by atoms with E-state index in [2.05, 4.69) is 10.6 Å². The normalized spacial score (nSPS) is 11.0. The number of phenols is 1. The molecule has 3 N–H and O–H groups in total. The molecule has 0 aliphatic carbocycles. The van der Waals surface area contributed by atoms with E-state index in [0.29, 0.717) is 5.69 Å². The number of hydrogen-bond acceptors (Lipinski definition) is 4. The summed E-state index contributed by atoms with van der Waals surface area (Å²) in [6.45, 7) is 0. The predicted molar refractivity (Wildman–Crippen MR) is 86.0 cm³/mol. The summed E-state index contributed by atoms with van der Waals surface area (Å²) >= 11 is 4.99. The van der Waals surface area contributed by atoms with Crippen LogP contribution >= 0.6 is 12.2 Å². The number of nitrogens with zero attached hydrogens (tertiary/aromatic N) is 1. The maximum absolute atomic E-state index is 12.5. The first-order valence-corrected chi connectivity index (χ1v) is 6.80. The molecule has 0 bridgehead atoms. The number of thiocarbonyl (C=S) groups is 1. The minimum absolute atomic E-state index is 0.0229. The van der Waals surface area contributed by atoms with Crippen molar-refractivity contribution >= 4 is 34.4 Å². The van der Waals surface area contributed by atoms with Crippen molar-refractivity contribution in [2.24, 2.45) is 0 Å². The first-order valence-electron chi connectivity index (χ1n) is 6.39. The third-order valence-electron chi connectivity index (χ3n) is 2.90. The topological polar surface area (TPSA) is 87.4 Å². The summed E-state index contributed by atoms with van der Waals surface area (Å²) in [6, 6.07) is 7.78. The van der Waals surface area contributed by atoms with Crippen LogP contribution in [-0.4, -0.2) is 15.1 Å². The van der Waals surface area contributed by atoms with Crippen LogP contribution < -0.4 is 10.6 Å². The van der Waals surface area contributed by atoms with E-state index < -0.39 is 28.1 Å². The third-order valence-corrected chi connectivity index (χ3v) is 3.10. The van der Waals surface area contributed by atoms with Crippen LogP contribution in [0.4, 0.5) is 30.2 Å². The number of aromatic hydroxyl groups is 1. The van der Waals surface area contributed by atoms with Gasteiger partial charge in [0.1, 0.15) is 0 Å². The molecule has 0 radical (unpaired) electrons. The summed E-state index contributed by atoms with van der Waals surface area (Å²) in [5.74, 6) is -0.493. The lowest BCUT2D eigenvalue weighted by Gasteiger charge is -2.12. The van der Waals surface area contributed by atoms with Crippen molar-refractivity contribution in [3.8, 4) is 5.75 Å². The largest absolute Gasteiger partial charge is 0.502 e. The minimum atomic E-state index is -4.43. The lowest BCUT2D eigenvalue weighted by atomic mass is 10.2. The summed E-state index contributed by atoms with van der Waals surface area (Å²) in [5.41, 5.74) is -0.740. The zero-order valence-corrected chi connectivity index (χ0v) is 12.6. The second-order valence-corrected chi connectivity index (χ2v) is 5.02. The van der Waals surface area contributed by atoms with Crippen molar-refractivity contribution < 1.29 is 23.2 Å². The number of nitro benzene ring substituents is 1. The van der Waals surface area contributed by atoms with Crippen LogP contribution in [0.3, 0.4) is 0 Å². The number of hydrogen-bond donors (Lipinski definition) is 3. The molecule has 0 aliphatic rings. The fourth-order valence-corrected chi connectivity index (χ4v) is 2.02. The molecule has 2 rings (SSSR count). The van der Waals surface area contributed by atoms with Gasteiger partial charge in [-0.25, -0.2) is 0 Å². The minimum Gasteiger partial charge on any atom is -0.502 e. The summed E-state index contributed by atoms with van der Waals surface area (Å²) in [5, 5.41) is 25.4. The Bertz CT molecular complexity index is 779. The Morgan fingerprint density at radius 1 is 1.08 bits per heavy atom. The summed E-state index contributed by atoms with van der Waals surface area (Å²) in [7, 11) is 0. The Morgan fingerprint density at radius 3 is 2.17 bits per heavy atom. The molecule has 0 spiro atoms. The van der Waals surface area contributed by atoms with Gasteiger partial charge >= 0.3 is 11.9 Å². The zero-order chi connectivity index (χ0) is 17.9. The lowest BCUT2D eigenvalue weighted by molar-refractivity contribution is -0.385. The molecule has 0 heterocycles. The molecule has 10 heteroatoms. The maximum atomic E-state index is 12.5. The third kappa shape index (κ3) is 4.32. The average Bonchev–Trinajstić information content (AvgIpc) is 2.48. The van der Waals surface area contributed by atoms with Crippen molar-refractivity contribution in [3.63, 3.8) is 0 Å². The maximum Gasteiger partial charge on any atom is 0.416 e. The van der Waals surface area contributed by atoms with E-state index in [1.807, 2.05) is 0 Å². The standard InChI is InChI=1S/C14H10F3N3O3S/c15-14(16,17)8-1-3-9(4-2-8)18-13(24)19-10-5-6-12(21)11(7-10)20(22)23/h1-7,21H,(H2,18,19,24). The van der Waals surface area contributed by atoms with Gasteiger partial charge in [0, 0.05) is 17.4 Å². The molecule has 0 amide bonds. The Kier molecular flexibility index (Phi) is 4.88. The van der Waals surface area contributed by atoms with E-state index in [-0.39, 0.29) is 10.8 Å². The number of rotatable bonds is 3.